The van der Waals surface area contributed by atoms with E-state index >= 15 is 0 Å². The van der Waals surface area contributed by atoms with Gasteiger partial charge in [-0.25, -0.2) is 0 Å². The molecule has 0 amide bonds. The average Bonchev–Trinajstić information content (AvgIpc) is 2.86. The minimum absolute atomic E-state index is 0.0337. The smallest absolute Gasteiger partial charge is 0.350 e. The van der Waals surface area contributed by atoms with Gasteiger partial charge in [0.1, 0.15) is 0 Å². The molecule has 1 aliphatic heterocycles. The van der Waals surface area contributed by atoms with E-state index in [4.69, 9.17) is 18.3 Å². The van der Waals surface area contributed by atoms with Gasteiger partial charge in [-0.2, -0.15) is 0 Å². The highest BCUT2D eigenvalue weighted by atomic mass is 28.4. The minimum atomic E-state index is -2.82. The van der Waals surface area contributed by atoms with Crippen LogP contribution in [0.4, 0.5) is 0 Å². The molecule has 5 heteroatoms. The lowest BCUT2D eigenvalue weighted by atomic mass is 9.96. The van der Waals surface area contributed by atoms with Crippen LogP contribution in [0.15, 0.2) is 72.3 Å². The van der Waals surface area contributed by atoms with Crippen LogP contribution in [0.3, 0.4) is 0 Å². The van der Waals surface area contributed by atoms with Crippen molar-refractivity contribution in [3.8, 4) is 0 Å². The zero-order valence-electron chi connectivity index (χ0n) is 25.8. The molecule has 0 bridgehead atoms. The van der Waals surface area contributed by atoms with E-state index in [-0.39, 0.29) is 34.1 Å². The molecule has 0 saturated carbocycles. The highest BCUT2D eigenvalue weighted by Gasteiger charge is 2.61. The van der Waals surface area contributed by atoms with Gasteiger partial charge in [-0.3, -0.25) is 0 Å². The Bertz CT molecular complexity index is 1010. The number of hydrogen-bond acceptors (Lipinski definition) is 4. The van der Waals surface area contributed by atoms with E-state index in [2.05, 4.69) is 117 Å². The van der Waals surface area contributed by atoms with Gasteiger partial charge >= 0.3 is 8.56 Å². The van der Waals surface area contributed by atoms with Crippen LogP contribution in [-0.2, 0) is 31.5 Å². The first-order valence-electron chi connectivity index (χ1n) is 14.6. The van der Waals surface area contributed by atoms with E-state index in [1.807, 2.05) is 12.1 Å². The summed E-state index contributed by atoms with van der Waals surface area (Å²) >= 11 is 0. The number of rotatable bonds is 10. The summed E-state index contributed by atoms with van der Waals surface area (Å²) in [5.74, 6) is 0.439. The molecule has 0 aliphatic carbocycles. The Labute approximate surface area is 239 Å². The third-order valence-electron chi connectivity index (χ3n) is 7.84. The van der Waals surface area contributed by atoms with Gasteiger partial charge in [0.2, 0.25) is 0 Å². The average molecular weight is 553 g/mol. The molecule has 39 heavy (non-hydrogen) atoms. The molecule has 1 aliphatic rings. The van der Waals surface area contributed by atoms with Crippen molar-refractivity contribution >= 4 is 8.56 Å². The Kier molecular flexibility index (Phi) is 11.2. The lowest BCUT2D eigenvalue weighted by molar-refractivity contribution is -0.0194. The molecular formula is C34H52O4Si. The molecule has 2 aromatic carbocycles. The Morgan fingerprint density at radius 3 is 1.67 bits per heavy atom. The Balaban J connectivity index is 1.80. The maximum Gasteiger partial charge on any atom is 0.350 e. The van der Waals surface area contributed by atoms with Crippen molar-refractivity contribution in [2.45, 2.75) is 104 Å². The molecule has 2 aromatic rings. The molecule has 0 saturated heterocycles. The topological polar surface area (TPSA) is 36.9 Å². The van der Waals surface area contributed by atoms with E-state index in [0.29, 0.717) is 26.4 Å². The second kappa shape index (κ2) is 13.7. The van der Waals surface area contributed by atoms with Crippen LogP contribution in [-0.4, -0.2) is 34.0 Å². The van der Waals surface area contributed by atoms with Crippen LogP contribution in [0, 0.1) is 11.8 Å². The lowest BCUT2D eigenvalue weighted by Crippen LogP contribution is -2.62. The van der Waals surface area contributed by atoms with E-state index in [1.54, 1.807) is 0 Å². The molecule has 3 rings (SSSR count). The first-order chi connectivity index (χ1) is 18.3. The molecule has 4 atom stereocenters. The third kappa shape index (κ3) is 8.37. The fourth-order valence-corrected chi connectivity index (χ4v) is 11.0. The zero-order valence-corrected chi connectivity index (χ0v) is 26.8. The highest BCUT2D eigenvalue weighted by molar-refractivity contribution is 6.73. The second-order valence-electron chi connectivity index (χ2n) is 13.5. The summed E-state index contributed by atoms with van der Waals surface area (Å²) in [7, 11) is -2.82. The summed E-state index contributed by atoms with van der Waals surface area (Å²) < 4.78 is 27.0. The SMILES string of the molecule is C/C1=C\C[C@@H]([C@H](C)COCc2ccccc2)O[Si](C(C)(C)C)(C(C)(C)C)O[C@@H]1[C@H](C)COCc1ccccc1. The van der Waals surface area contributed by atoms with E-state index in [0.717, 1.165) is 6.42 Å². The van der Waals surface area contributed by atoms with Crippen molar-refractivity contribution in [1.82, 2.24) is 0 Å². The molecule has 1 heterocycles. The predicted octanol–water partition coefficient (Wildman–Crippen LogP) is 8.86. The summed E-state index contributed by atoms with van der Waals surface area (Å²) in [6.45, 7) is 23.0. The van der Waals surface area contributed by atoms with Crippen molar-refractivity contribution in [2.24, 2.45) is 11.8 Å². The summed E-state index contributed by atoms with van der Waals surface area (Å²) in [5.41, 5.74) is 3.67. The molecule has 216 valence electrons. The minimum Gasteiger partial charge on any atom is -0.390 e. The van der Waals surface area contributed by atoms with Gasteiger partial charge in [0.25, 0.3) is 0 Å². The Morgan fingerprint density at radius 1 is 0.744 bits per heavy atom. The van der Waals surface area contributed by atoms with E-state index in [9.17, 15) is 0 Å². The van der Waals surface area contributed by atoms with Gasteiger partial charge in [0.15, 0.2) is 0 Å². The highest BCUT2D eigenvalue weighted by Crippen LogP contribution is 2.55. The molecule has 4 nitrogen and oxygen atoms in total. The van der Waals surface area contributed by atoms with Gasteiger partial charge in [0, 0.05) is 21.9 Å². The monoisotopic (exact) mass is 552 g/mol. The van der Waals surface area contributed by atoms with Crippen LogP contribution in [0.1, 0.15) is 79.9 Å². The predicted molar refractivity (Wildman–Crippen MR) is 164 cm³/mol. The molecule has 0 N–H and O–H groups in total. The van der Waals surface area contributed by atoms with Gasteiger partial charge in [0.05, 0.1) is 38.6 Å². The number of benzene rings is 2. The van der Waals surface area contributed by atoms with Crippen LogP contribution >= 0.6 is 0 Å². The van der Waals surface area contributed by atoms with Gasteiger partial charge in [-0.1, -0.05) is 122 Å². The molecule has 0 aromatic heterocycles. The van der Waals surface area contributed by atoms with E-state index in [1.165, 1.54) is 16.7 Å². The van der Waals surface area contributed by atoms with Crippen molar-refractivity contribution < 1.29 is 18.3 Å². The molecule has 0 spiro atoms. The summed E-state index contributed by atoms with van der Waals surface area (Å²) in [5, 5.41) is -0.261. The molecule has 0 unspecified atom stereocenters. The zero-order chi connectivity index (χ0) is 28.7. The van der Waals surface area contributed by atoms with Gasteiger partial charge in [-0.05, 0) is 30.0 Å². The quantitative estimate of drug-likeness (QED) is 0.218. The maximum atomic E-state index is 7.37. The van der Waals surface area contributed by atoms with Crippen molar-refractivity contribution in [3.05, 3.63) is 83.4 Å². The Hall–Kier alpha value is -1.76. The van der Waals surface area contributed by atoms with Crippen LogP contribution in [0.5, 0.6) is 0 Å². The van der Waals surface area contributed by atoms with Gasteiger partial charge in [-0.15, -0.1) is 0 Å². The molecule has 0 fully saturated rings. The van der Waals surface area contributed by atoms with Crippen LogP contribution < -0.4 is 0 Å². The maximum absolute atomic E-state index is 7.37. The lowest BCUT2D eigenvalue weighted by Gasteiger charge is -2.54. The molecular weight excluding hydrogens is 500 g/mol. The normalized spacial score (nSPS) is 23.3. The van der Waals surface area contributed by atoms with Crippen molar-refractivity contribution in [3.63, 3.8) is 0 Å². The number of hydrogen-bond donors (Lipinski definition) is 0. The van der Waals surface area contributed by atoms with Crippen molar-refractivity contribution in [2.75, 3.05) is 13.2 Å². The van der Waals surface area contributed by atoms with Crippen molar-refractivity contribution in [1.29, 1.82) is 0 Å². The Morgan fingerprint density at radius 2 is 1.21 bits per heavy atom. The first kappa shape index (κ1) is 31.8. The standard InChI is InChI=1S/C34H52O4Si/c1-26-20-21-31(27(2)22-35-24-29-16-12-10-13-17-29)37-39(33(4,5)6,34(7,8)9)38-32(26)28(3)23-36-25-30-18-14-11-15-19-30/h10-20,27-28,31-32H,21-25H2,1-9H3/b26-20+/t27-,28-,31+,32+/m1/s1. The summed E-state index contributed by atoms with van der Waals surface area (Å²) in [6, 6.07) is 20.7. The van der Waals surface area contributed by atoms with Crippen LogP contribution in [0.25, 0.3) is 0 Å². The van der Waals surface area contributed by atoms with Gasteiger partial charge < -0.3 is 18.3 Å². The third-order valence-corrected chi connectivity index (χ3v) is 13.0. The first-order valence-corrected chi connectivity index (χ1v) is 16.4. The largest absolute Gasteiger partial charge is 0.390 e. The fourth-order valence-electron chi connectivity index (χ4n) is 5.79. The second-order valence-corrected chi connectivity index (χ2v) is 18.2. The summed E-state index contributed by atoms with van der Waals surface area (Å²) in [4.78, 5) is 0. The number of ether oxygens (including phenoxy) is 2. The summed E-state index contributed by atoms with van der Waals surface area (Å²) in [6.07, 6.45) is 3.18. The van der Waals surface area contributed by atoms with E-state index < -0.39 is 8.56 Å². The molecule has 0 radical (unpaired) electrons. The fraction of sp³-hybridized carbons (Fsp3) is 0.588. The van der Waals surface area contributed by atoms with Crippen LogP contribution in [0.2, 0.25) is 10.1 Å².